The molecule has 35 heavy (non-hydrogen) atoms. The highest BCUT2D eigenvalue weighted by Gasteiger charge is 2.27. The molecule has 1 aromatic heterocycles. The van der Waals surface area contributed by atoms with Crippen LogP contribution in [0.4, 0.5) is 5.69 Å². The summed E-state index contributed by atoms with van der Waals surface area (Å²) in [6.07, 6.45) is 7.72. The van der Waals surface area contributed by atoms with E-state index in [-0.39, 0.29) is 0 Å². The van der Waals surface area contributed by atoms with Crippen molar-refractivity contribution < 1.29 is 49.4 Å². The van der Waals surface area contributed by atoms with Crippen LogP contribution < -0.4 is 20.0 Å². The summed E-state index contributed by atoms with van der Waals surface area (Å²) in [6.45, 7) is 5.12. The summed E-state index contributed by atoms with van der Waals surface area (Å²) in [5.41, 5.74) is 5.80. The summed E-state index contributed by atoms with van der Waals surface area (Å²) in [4.78, 5) is 44.5. The van der Waals surface area contributed by atoms with Crippen LogP contribution in [-0.4, -0.2) is 72.3 Å². The second-order valence-corrected chi connectivity index (χ2v) is 8.59. The first-order valence-corrected chi connectivity index (χ1v) is 11.6. The number of para-hydroxylation sites is 1. The van der Waals surface area contributed by atoms with Gasteiger partial charge in [0.05, 0.1) is 36.7 Å². The molecular weight excluding hydrogens is 458 g/mol. The molecule has 190 valence electrons. The zero-order chi connectivity index (χ0) is 26.0. The Bertz CT molecular complexity index is 1020. The fourth-order valence-corrected chi connectivity index (χ4v) is 4.42. The third kappa shape index (κ3) is 8.30. The minimum Gasteiger partial charge on any atom is -0.539 e. The first-order chi connectivity index (χ1) is 16.6. The van der Waals surface area contributed by atoms with Crippen LogP contribution in [0.1, 0.15) is 36.9 Å². The minimum atomic E-state index is -2.07. The fourth-order valence-electron chi connectivity index (χ4n) is 4.42. The summed E-state index contributed by atoms with van der Waals surface area (Å²) in [6, 6.07) is 8.83. The number of hydrogen-bond acceptors (Lipinski definition) is 7. The molecule has 0 radical (unpaired) electrons. The van der Waals surface area contributed by atoms with Gasteiger partial charge in [0, 0.05) is 12.0 Å². The largest absolute Gasteiger partial charge is 0.539 e. The van der Waals surface area contributed by atoms with Crippen molar-refractivity contribution in [1.82, 2.24) is 4.98 Å². The first-order valence-electron chi connectivity index (χ1n) is 11.6. The number of carboxylic acid groups (broad SMARTS) is 4. The van der Waals surface area contributed by atoms with E-state index in [2.05, 4.69) is 31.3 Å². The Balaban J connectivity index is 0.000000301. The number of pyridine rings is 1. The Morgan fingerprint density at radius 3 is 2.06 bits per heavy atom. The van der Waals surface area contributed by atoms with Crippen LogP contribution in [0.15, 0.2) is 24.3 Å². The van der Waals surface area contributed by atoms with E-state index in [1.54, 1.807) is 21.1 Å². The van der Waals surface area contributed by atoms with Gasteiger partial charge in [-0.3, -0.25) is 9.88 Å². The molecule has 2 unspecified atom stereocenters. The fraction of sp³-hybridized carbons (Fsp3) is 0.458. The van der Waals surface area contributed by atoms with Crippen LogP contribution in [0.3, 0.4) is 0 Å². The van der Waals surface area contributed by atoms with Crippen molar-refractivity contribution in [3.05, 3.63) is 35.5 Å². The number of hydrogen-bond donors (Lipinski definition) is 4. The lowest BCUT2D eigenvalue weighted by atomic mass is 10.0. The van der Waals surface area contributed by atoms with Crippen LogP contribution in [0.25, 0.3) is 10.9 Å². The van der Waals surface area contributed by atoms with Gasteiger partial charge in [0.1, 0.15) is 18.8 Å². The summed E-state index contributed by atoms with van der Waals surface area (Å²) < 4.78 is 0. The van der Waals surface area contributed by atoms with Gasteiger partial charge in [0.15, 0.2) is 11.9 Å². The van der Waals surface area contributed by atoms with Crippen molar-refractivity contribution in [2.45, 2.75) is 38.5 Å². The number of aliphatic carboxylic acids is 4. The molecule has 1 saturated heterocycles. The van der Waals surface area contributed by atoms with Gasteiger partial charge in [0.2, 0.25) is 0 Å². The minimum absolute atomic E-state index is 1.17. The van der Waals surface area contributed by atoms with E-state index in [4.69, 9.17) is 44.6 Å². The molecule has 2 aromatic rings. The Hall–Kier alpha value is -3.57. The maximum absolute atomic E-state index is 9.04. The van der Waals surface area contributed by atoms with Crippen LogP contribution in [0.2, 0.25) is 0 Å². The van der Waals surface area contributed by atoms with Gasteiger partial charge < -0.3 is 34.9 Å². The Labute approximate surface area is 202 Å². The van der Waals surface area contributed by atoms with Gasteiger partial charge in [-0.05, 0) is 37.8 Å². The molecule has 4 rings (SSSR count). The molecule has 2 aliphatic rings. The van der Waals surface area contributed by atoms with Gasteiger partial charge in [-0.1, -0.05) is 18.6 Å². The average molecular weight is 490 g/mol. The molecule has 0 amide bonds. The quantitative estimate of drug-likeness (QED) is 0.235. The number of rotatable bonds is 1. The molecule has 0 spiro atoms. The van der Waals surface area contributed by atoms with E-state index in [9.17, 15) is 0 Å². The Morgan fingerprint density at radius 1 is 0.829 bits per heavy atom. The van der Waals surface area contributed by atoms with Gasteiger partial charge in [-0.15, -0.1) is 0 Å². The van der Waals surface area contributed by atoms with E-state index in [1.165, 1.54) is 81.3 Å². The number of aromatic nitrogens is 1. The van der Waals surface area contributed by atoms with Crippen molar-refractivity contribution in [2.75, 3.05) is 33.2 Å². The van der Waals surface area contributed by atoms with E-state index in [0.29, 0.717) is 0 Å². The second kappa shape index (κ2) is 13.4. The van der Waals surface area contributed by atoms with Crippen LogP contribution in [0, 0.1) is 0 Å². The highest BCUT2D eigenvalue weighted by molar-refractivity contribution is 6.26. The third-order valence-electron chi connectivity index (χ3n) is 6.06. The SMILES string of the molecule is C[NH+]1CCC[NH+](c2c3c(nc4ccccc24)CCCCC3)CC1.O=C([O-])C(=O)O.O=C([O-])C(=O)O. The van der Waals surface area contributed by atoms with Crippen molar-refractivity contribution in [2.24, 2.45) is 0 Å². The number of nitrogens with zero attached hydrogens (tertiary/aromatic N) is 1. The molecule has 2 atom stereocenters. The molecule has 0 saturated carbocycles. The van der Waals surface area contributed by atoms with Gasteiger partial charge in [-0.25, -0.2) is 9.59 Å². The van der Waals surface area contributed by atoms with Gasteiger partial charge in [0.25, 0.3) is 0 Å². The van der Waals surface area contributed by atoms with Crippen LogP contribution >= 0.6 is 0 Å². The predicted octanol–water partition coefficient (Wildman–Crippen LogP) is -3.42. The summed E-state index contributed by atoms with van der Waals surface area (Å²) in [5.74, 6) is -8.02. The van der Waals surface area contributed by atoms with Gasteiger partial charge in [-0.2, -0.15) is 0 Å². The summed E-state index contributed by atoms with van der Waals surface area (Å²) in [7, 11) is 2.34. The van der Waals surface area contributed by atoms with Crippen molar-refractivity contribution in [3.63, 3.8) is 0 Å². The number of carbonyl (C=O) groups is 4. The number of aryl methyl sites for hydroxylation is 1. The Kier molecular flexibility index (Phi) is 10.6. The molecule has 4 N–H and O–H groups in total. The molecule has 0 bridgehead atoms. The zero-order valence-electron chi connectivity index (χ0n) is 19.7. The lowest BCUT2D eigenvalue weighted by molar-refractivity contribution is -0.901. The predicted molar refractivity (Wildman–Crippen MR) is 120 cm³/mol. The first kappa shape index (κ1) is 27.7. The van der Waals surface area contributed by atoms with E-state index >= 15 is 0 Å². The lowest BCUT2D eigenvalue weighted by Gasteiger charge is -2.22. The van der Waals surface area contributed by atoms with Crippen LogP contribution in [-0.2, 0) is 32.0 Å². The zero-order valence-corrected chi connectivity index (χ0v) is 19.7. The van der Waals surface area contributed by atoms with E-state index in [0.717, 1.165) is 0 Å². The number of quaternary nitrogens is 2. The van der Waals surface area contributed by atoms with E-state index < -0.39 is 23.9 Å². The van der Waals surface area contributed by atoms with Crippen LogP contribution in [0.5, 0.6) is 0 Å². The maximum Gasteiger partial charge on any atom is 0.351 e. The number of fused-ring (bicyclic) bond motifs is 2. The smallest absolute Gasteiger partial charge is 0.351 e. The molecule has 11 heteroatoms. The molecule has 1 aliphatic heterocycles. The topological polar surface area (TPSA) is 177 Å². The summed E-state index contributed by atoms with van der Waals surface area (Å²) in [5, 5.41) is 34.0. The standard InChI is InChI=1S/C20H27N3.2C2H2O4/c1-22-12-7-13-23(15-14-22)20-16-8-3-2-4-10-18(16)21-19-11-6-5-9-17(19)20;2*3-1(4)2(5)6/h5-6,9,11H,2-4,7-8,10,12-15H2,1H3;2*(H,3,4)(H,5,6). The second-order valence-electron chi connectivity index (χ2n) is 8.59. The number of carboxylic acids is 4. The third-order valence-corrected chi connectivity index (χ3v) is 6.06. The normalized spacial score (nSPS) is 19.3. The number of benzene rings is 1. The van der Waals surface area contributed by atoms with E-state index in [1.807, 2.05) is 0 Å². The monoisotopic (exact) mass is 489 g/mol. The molecule has 1 fully saturated rings. The maximum atomic E-state index is 9.04. The van der Waals surface area contributed by atoms with Crippen molar-refractivity contribution in [3.8, 4) is 0 Å². The van der Waals surface area contributed by atoms with Crippen molar-refractivity contribution in [1.29, 1.82) is 0 Å². The number of carbonyl (C=O) groups excluding carboxylic acids is 2. The van der Waals surface area contributed by atoms with Gasteiger partial charge >= 0.3 is 11.9 Å². The lowest BCUT2D eigenvalue weighted by Crippen LogP contribution is -3.14. The van der Waals surface area contributed by atoms with Crippen molar-refractivity contribution >= 4 is 40.5 Å². The molecule has 11 nitrogen and oxygen atoms in total. The molecule has 2 heterocycles. The Morgan fingerprint density at radius 2 is 1.43 bits per heavy atom. The average Bonchev–Trinajstić information content (AvgIpc) is 3.18. The molecule has 1 aliphatic carbocycles. The highest BCUT2D eigenvalue weighted by Crippen LogP contribution is 2.30. The molecular formula is C24H31N3O8. The number of likely N-dealkylation sites (N-methyl/N-ethyl adjacent to an activating group) is 1. The highest BCUT2D eigenvalue weighted by atomic mass is 16.4. The number of nitrogens with one attached hydrogen (secondary N) is 2. The molecule has 1 aromatic carbocycles. The summed E-state index contributed by atoms with van der Waals surface area (Å²) >= 11 is 0.